The first kappa shape index (κ1) is 23.5. The van der Waals surface area contributed by atoms with Gasteiger partial charge in [0.05, 0.1) is 12.8 Å². The first-order chi connectivity index (χ1) is 16.6. The predicted molar refractivity (Wildman–Crippen MR) is 135 cm³/mol. The molecule has 0 aliphatic heterocycles. The van der Waals surface area contributed by atoms with Gasteiger partial charge in [0.1, 0.15) is 11.0 Å². The molecule has 0 fully saturated rings. The van der Waals surface area contributed by atoms with E-state index in [0.717, 1.165) is 27.5 Å². The molecule has 172 valence electrons. The second-order valence-corrected chi connectivity index (χ2v) is 9.18. The van der Waals surface area contributed by atoms with E-state index in [-0.39, 0.29) is 0 Å². The maximum absolute atomic E-state index is 12.9. The zero-order valence-corrected chi connectivity index (χ0v) is 20.0. The van der Waals surface area contributed by atoms with E-state index in [4.69, 9.17) is 9.47 Å². The van der Waals surface area contributed by atoms with Gasteiger partial charge in [-0.15, -0.1) is 23.1 Å². The van der Waals surface area contributed by atoms with Gasteiger partial charge in [0.2, 0.25) is 0 Å². The largest absolute Gasteiger partial charge is 0.497 e. The van der Waals surface area contributed by atoms with Gasteiger partial charge in [-0.05, 0) is 42.0 Å². The van der Waals surface area contributed by atoms with Crippen LogP contribution in [0.5, 0.6) is 5.75 Å². The Bertz CT molecular complexity index is 1230. The van der Waals surface area contributed by atoms with E-state index < -0.39 is 23.7 Å². The molecule has 3 aromatic carbocycles. The SMILES string of the molecule is COc1ccc(-c2csc(NC(=O)COC(=O)C(Sc3ccccc3)c3ccccc3)n2)cc1. The van der Waals surface area contributed by atoms with E-state index in [0.29, 0.717) is 5.13 Å². The molecule has 0 saturated heterocycles. The van der Waals surface area contributed by atoms with Gasteiger partial charge < -0.3 is 9.47 Å². The Balaban J connectivity index is 1.36. The van der Waals surface area contributed by atoms with Crippen LogP contribution in [0.2, 0.25) is 0 Å². The van der Waals surface area contributed by atoms with E-state index in [1.54, 1.807) is 7.11 Å². The third-order valence-corrected chi connectivity index (χ3v) is 6.80. The van der Waals surface area contributed by atoms with Crippen LogP contribution in [0.3, 0.4) is 0 Å². The highest BCUT2D eigenvalue weighted by atomic mass is 32.2. The summed E-state index contributed by atoms with van der Waals surface area (Å²) < 4.78 is 10.5. The molecule has 0 aliphatic rings. The number of benzene rings is 3. The minimum atomic E-state index is -0.585. The summed E-state index contributed by atoms with van der Waals surface area (Å²) in [6.07, 6.45) is 0. The van der Waals surface area contributed by atoms with Crippen LogP contribution in [0.25, 0.3) is 11.3 Å². The van der Waals surface area contributed by atoms with Crippen molar-refractivity contribution in [1.29, 1.82) is 0 Å². The zero-order chi connectivity index (χ0) is 23.8. The zero-order valence-electron chi connectivity index (χ0n) is 18.3. The molecule has 34 heavy (non-hydrogen) atoms. The van der Waals surface area contributed by atoms with Crippen molar-refractivity contribution >= 4 is 40.1 Å². The Morgan fingerprint density at radius 1 is 0.971 bits per heavy atom. The molecule has 0 bridgehead atoms. The molecular formula is C26H22N2O4S2. The number of thiazole rings is 1. The lowest BCUT2D eigenvalue weighted by molar-refractivity contribution is -0.146. The second kappa shape index (κ2) is 11.5. The summed E-state index contributed by atoms with van der Waals surface area (Å²) in [5.41, 5.74) is 2.46. The van der Waals surface area contributed by atoms with Gasteiger partial charge in [0.25, 0.3) is 5.91 Å². The van der Waals surface area contributed by atoms with Crippen LogP contribution in [-0.2, 0) is 14.3 Å². The molecule has 1 heterocycles. The number of anilines is 1. The minimum Gasteiger partial charge on any atom is -0.497 e. The molecule has 8 heteroatoms. The number of hydrogen-bond acceptors (Lipinski definition) is 7. The lowest BCUT2D eigenvalue weighted by Gasteiger charge is -2.16. The number of carbonyl (C=O) groups excluding carboxylic acids is 2. The van der Waals surface area contributed by atoms with Crippen molar-refractivity contribution in [1.82, 2.24) is 4.98 Å². The van der Waals surface area contributed by atoms with Gasteiger partial charge in [0.15, 0.2) is 11.7 Å². The predicted octanol–water partition coefficient (Wildman–Crippen LogP) is 5.83. The average molecular weight is 491 g/mol. The molecule has 1 amide bonds. The van der Waals surface area contributed by atoms with Gasteiger partial charge in [0, 0.05) is 15.8 Å². The number of amides is 1. The smallest absolute Gasteiger partial charge is 0.324 e. The number of carbonyl (C=O) groups is 2. The van der Waals surface area contributed by atoms with E-state index in [9.17, 15) is 9.59 Å². The van der Waals surface area contributed by atoms with Crippen LogP contribution in [0.15, 0.2) is 95.2 Å². The summed E-state index contributed by atoms with van der Waals surface area (Å²) in [7, 11) is 1.61. The monoisotopic (exact) mass is 490 g/mol. The first-order valence-electron chi connectivity index (χ1n) is 10.5. The third kappa shape index (κ3) is 6.24. The van der Waals surface area contributed by atoms with E-state index >= 15 is 0 Å². The Morgan fingerprint density at radius 3 is 2.32 bits per heavy atom. The fraction of sp³-hybridized carbons (Fsp3) is 0.115. The molecule has 0 saturated carbocycles. The van der Waals surface area contributed by atoms with E-state index in [1.165, 1.54) is 23.1 Å². The summed E-state index contributed by atoms with van der Waals surface area (Å²) in [5.74, 6) is -0.165. The highest BCUT2D eigenvalue weighted by molar-refractivity contribution is 8.00. The van der Waals surface area contributed by atoms with E-state index in [1.807, 2.05) is 90.3 Å². The maximum atomic E-state index is 12.9. The summed E-state index contributed by atoms with van der Waals surface area (Å²) >= 11 is 2.69. The normalized spacial score (nSPS) is 11.4. The molecule has 0 radical (unpaired) electrons. The van der Waals surface area contributed by atoms with Crippen LogP contribution >= 0.6 is 23.1 Å². The van der Waals surface area contributed by atoms with Crippen LogP contribution in [0.4, 0.5) is 5.13 Å². The number of aromatic nitrogens is 1. The molecule has 4 aromatic rings. The van der Waals surface area contributed by atoms with Crippen LogP contribution in [0.1, 0.15) is 10.8 Å². The topological polar surface area (TPSA) is 77.5 Å². The second-order valence-electron chi connectivity index (χ2n) is 7.14. The highest BCUT2D eigenvalue weighted by Gasteiger charge is 2.24. The fourth-order valence-electron chi connectivity index (χ4n) is 3.11. The quantitative estimate of drug-likeness (QED) is 0.235. The number of nitrogens with zero attached hydrogens (tertiary/aromatic N) is 1. The summed E-state index contributed by atoms with van der Waals surface area (Å²) in [6, 6.07) is 26.5. The molecule has 1 unspecified atom stereocenters. The van der Waals surface area contributed by atoms with Crippen molar-refractivity contribution in [2.75, 3.05) is 19.0 Å². The standard InChI is InChI=1S/C26H22N2O4S2/c1-31-20-14-12-18(13-15-20)22-17-33-26(27-22)28-23(29)16-32-25(30)24(19-8-4-2-5-9-19)34-21-10-6-3-7-11-21/h2-15,17,24H,16H2,1H3,(H,27,28,29). The van der Waals surface area contributed by atoms with Crippen molar-refractivity contribution in [3.63, 3.8) is 0 Å². The highest BCUT2D eigenvalue weighted by Crippen LogP contribution is 2.36. The molecule has 1 atom stereocenters. The number of ether oxygens (including phenoxy) is 2. The van der Waals surface area contributed by atoms with Crippen molar-refractivity contribution < 1.29 is 19.1 Å². The third-order valence-electron chi connectivity index (χ3n) is 4.80. The lowest BCUT2D eigenvalue weighted by atomic mass is 10.1. The summed E-state index contributed by atoms with van der Waals surface area (Å²) in [5, 5.41) is 4.40. The molecule has 4 rings (SSSR count). The van der Waals surface area contributed by atoms with Gasteiger partial charge >= 0.3 is 5.97 Å². The Labute approximate surface area is 206 Å². The van der Waals surface area contributed by atoms with Crippen LogP contribution < -0.4 is 10.1 Å². The molecule has 6 nitrogen and oxygen atoms in total. The lowest BCUT2D eigenvalue weighted by Crippen LogP contribution is -2.23. The number of rotatable bonds is 9. The van der Waals surface area contributed by atoms with Crippen molar-refractivity contribution in [3.8, 4) is 17.0 Å². The van der Waals surface area contributed by atoms with Crippen LogP contribution in [0, 0.1) is 0 Å². The molecule has 1 aromatic heterocycles. The van der Waals surface area contributed by atoms with Crippen molar-refractivity contribution in [3.05, 3.63) is 95.9 Å². The number of nitrogens with one attached hydrogen (secondary N) is 1. The number of methoxy groups -OCH3 is 1. The van der Waals surface area contributed by atoms with Gasteiger partial charge in [-0.25, -0.2) is 4.98 Å². The molecule has 0 aliphatic carbocycles. The minimum absolute atomic E-state index is 0.394. The number of thioether (sulfide) groups is 1. The van der Waals surface area contributed by atoms with Crippen molar-refractivity contribution in [2.24, 2.45) is 0 Å². The molecular weight excluding hydrogens is 468 g/mol. The Morgan fingerprint density at radius 2 is 1.65 bits per heavy atom. The molecule has 1 N–H and O–H groups in total. The first-order valence-corrected chi connectivity index (χ1v) is 12.2. The number of esters is 1. The Hall–Kier alpha value is -3.62. The maximum Gasteiger partial charge on any atom is 0.324 e. The summed E-state index contributed by atoms with van der Waals surface area (Å²) in [6.45, 7) is -0.394. The number of hydrogen-bond donors (Lipinski definition) is 1. The Kier molecular flexibility index (Phi) is 7.95. The fourth-order valence-corrected chi connectivity index (χ4v) is 4.89. The molecule has 0 spiro atoms. The van der Waals surface area contributed by atoms with Gasteiger partial charge in [-0.2, -0.15) is 0 Å². The van der Waals surface area contributed by atoms with Gasteiger partial charge in [-0.3, -0.25) is 14.9 Å². The van der Waals surface area contributed by atoms with E-state index in [2.05, 4.69) is 10.3 Å². The average Bonchev–Trinajstić information content (AvgIpc) is 3.35. The van der Waals surface area contributed by atoms with Crippen LogP contribution in [-0.4, -0.2) is 30.6 Å². The van der Waals surface area contributed by atoms with Gasteiger partial charge in [-0.1, -0.05) is 48.5 Å². The van der Waals surface area contributed by atoms with Crippen molar-refractivity contribution in [2.45, 2.75) is 10.1 Å². The summed E-state index contributed by atoms with van der Waals surface area (Å²) in [4.78, 5) is 30.7.